The molecular formula is C20H25Br. The second-order valence-electron chi connectivity index (χ2n) is 6.08. The first-order valence-corrected chi connectivity index (χ1v) is 8.72. The number of benzene rings is 2. The van der Waals surface area contributed by atoms with Crippen LogP contribution in [0.25, 0.3) is 0 Å². The normalized spacial score (nSPS) is 15.5. The molecule has 3 unspecified atom stereocenters. The number of alkyl halides is 1. The van der Waals surface area contributed by atoms with Gasteiger partial charge in [0.05, 0.1) is 0 Å². The first-order chi connectivity index (χ1) is 10.0. The Morgan fingerprint density at radius 3 is 2.29 bits per heavy atom. The van der Waals surface area contributed by atoms with E-state index in [0.29, 0.717) is 16.7 Å². The van der Waals surface area contributed by atoms with Crippen LogP contribution < -0.4 is 0 Å². The maximum Gasteiger partial charge on any atom is 0.0469 e. The van der Waals surface area contributed by atoms with Crippen molar-refractivity contribution < 1.29 is 0 Å². The van der Waals surface area contributed by atoms with Crippen molar-refractivity contribution in [1.29, 1.82) is 0 Å². The van der Waals surface area contributed by atoms with Crippen molar-refractivity contribution in [3.8, 4) is 0 Å². The van der Waals surface area contributed by atoms with Gasteiger partial charge in [-0.2, -0.15) is 0 Å². The van der Waals surface area contributed by atoms with Gasteiger partial charge in [0.1, 0.15) is 0 Å². The van der Waals surface area contributed by atoms with E-state index in [1.54, 1.807) is 0 Å². The van der Waals surface area contributed by atoms with Crippen LogP contribution in [0.5, 0.6) is 0 Å². The van der Waals surface area contributed by atoms with Crippen molar-refractivity contribution >= 4 is 15.9 Å². The lowest BCUT2D eigenvalue weighted by Gasteiger charge is -2.30. The van der Waals surface area contributed by atoms with Crippen LogP contribution in [-0.2, 0) is 0 Å². The first-order valence-electron chi connectivity index (χ1n) is 7.80. The lowest BCUT2D eigenvalue weighted by atomic mass is 9.80. The molecule has 0 saturated carbocycles. The smallest absolute Gasteiger partial charge is 0.0469 e. The number of hydrogen-bond acceptors (Lipinski definition) is 0. The summed E-state index contributed by atoms with van der Waals surface area (Å²) >= 11 is 4.02. The highest BCUT2D eigenvalue weighted by molar-refractivity contribution is 9.09. The highest BCUT2D eigenvalue weighted by Crippen LogP contribution is 2.44. The molecule has 0 N–H and O–H groups in total. The van der Waals surface area contributed by atoms with Crippen molar-refractivity contribution in [2.24, 2.45) is 5.92 Å². The van der Waals surface area contributed by atoms with E-state index in [1.165, 1.54) is 28.7 Å². The second-order valence-corrected chi connectivity index (χ2v) is 7.07. The second kappa shape index (κ2) is 7.26. The average Bonchev–Trinajstić information content (AvgIpc) is 2.50. The number of hydrogen-bond donors (Lipinski definition) is 0. The molecule has 0 bridgehead atoms. The fraction of sp³-hybridized carbons (Fsp3) is 0.400. The van der Waals surface area contributed by atoms with Gasteiger partial charge in [-0.3, -0.25) is 0 Å². The van der Waals surface area contributed by atoms with E-state index in [0.717, 1.165) is 0 Å². The van der Waals surface area contributed by atoms with E-state index in [2.05, 4.69) is 92.2 Å². The van der Waals surface area contributed by atoms with Crippen molar-refractivity contribution in [3.63, 3.8) is 0 Å². The summed E-state index contributed by atoms with van der Waals surface area (Å²) < 4.78 is 0. The SMILES string of the molecule is CCC(C)C(c1ccccc1)C(Br)c1cc(C)ccc1C. The molecule has 0 fully saturated rings. The third-order valence-electron chi connectivity index (χ3n) is 4.49. The summed E-state index contributed by atoms with van der Waals surface area (Å²) in [7, 11) is 0. The zero-order valence-corrected chi connectivity index (χ0v) is 15.0. The summed E-state index contributed by atoms with van der Waals surface area (Å²) in [5, 5.41) is 0. The number of rotatable bonds is 5. The fourth-order valence-electron chi connectivity index (χ4n) is 2.97. The predicted molar refractivity (Wildman–Crippen MR) is 96.2 cm³/mol. The molecule has 1 heteroatoms. The Hall–Kier alpha value is -1.08. The highest BCUT2D eigenvalue weighted by Gasteiger charge is 2.27. The topological polar surface area (TPSA) is 0 Å². The minimum absolute atomic E-state index is 0.356. The molecule has 0 aliphatic carbocycles. The van der Waals surface area contributed by atoms with Crippen LogP contribution in [-0.4, -0.2) is 0 Å². The van der Waals surface area contributed by atoms with Crippen molar-refractivity contribution in [1.82, 2.24) is 0 Å². The lowest BCUT2D eigenvalue weighted by molar-refractivity contribution is 0.440. The molecule has 2 rings (SSSR count). The summed E-state index contributed by atoms with van der Waals surface area (Å²) in [4.78, 5) is 0.356. The fourth-order valence-corrected chi connectivity index (χ4v) is 4.29. The predicted octanol–water partition coefficient (Wildman–Crippen LogP) is 6.57. The Morgan fingerprint density at radius 1 is 1.00 bits per heavy atom. The molecular weight excluding hydrogens is 320 g/mol. The molecule has 3 atom stereocenters. The lowest BCUT2D eigenvalue weighted by Crippen LogP contribution is -2.15. The molecule has 2 aromatic carbocycles. The van der Waals surface area contributed by atoms with Crippen LogP contribution in [0.4, 0.5) is 0 Å². The molecule has 0 heterocycles. The van der Waals surface area contributed by atoms with Crippen molar-refractivity contribution in [2.45, 2.75) is 44.9 Å². The van der Waals surface area contributed by atoms with Crippen LogP contribution >= 0.6 is 15.9 Å². The molecule has 0 radical (unpaired) electrons. The molecule has 0 aromatic heterocycles. The van der Waals surface area contributed by atoms with Crippen LogP contribution in [0.15, 0.2) is 48.5 Å². The Labute approximate surface area is 137 Å². The Morgan fingerprint density at radius 2 is 1.67 bits per heavy atom. The zero-order chi connectivity index (χ0) is 15.4. The monoisotopic (exact) mass is 344 g/mol. The minimum Gasteiger partial charge on any atom is -0.0832 e. The van der Waals surface area contributed by atoms with Gasteiger partial charge in [0, 0.05) is 10.7 Å². The zero-order valence-electron chi connectivity index (χ0n) is 13.4. The number of aryl methyl sites for hydroxylation is 2. The first kappa shape index (κ1) is 16.3. The van der Waals surface area contributed by atoms with E-state index < -0.39 is 0 Å². The van der Waals surface area contributed by atoms with Gasteiger partial charge in [-0.25, -0.2) is 0 Å². The van der Waals surface area contributed by atoms with E-state index >= 15 is 0 Å². The summed E-state index contributed by atoms with van der Waals surface area (Å²) in [5.41, 5.74) is 5.54. The molecule has 0 nitrogen and oxygen atoms in total. The van der Waals surface area contributed by atoms with Gasteiger partial charge >= 0.3 is 0 Å². The van der Waals surface area contributed by atoms with Gasteiger partial charge in [0.15, 0.2) is 0 Å². The van der Waals surface area contributed by atoms with Crippen LogP contribution in [0.2, 0.25) is 0 Å². The molecule has 0 saturated heterocycles. The highest BCUT2D eigenvalue weighted by atomic mass is 79.9. The third kappa shape index (κ3) is 3.77. The molecule has 0 spiro atoms. The van der Waals surface area contributed by atoms with E-state index in [9.17, 15) is 0 Å². The van der Waals surface area contributed by atoms with Gasteiger partial charge in [0.25, 0.3) is 0 Å². The molecule has 2 aromatic rings. The summed E-state index contributed by atoms with van der Waals surface area (Å²) in [6.07, 6.45) is 1.19. The molecule has 112 valence electrons. The van der Waals surface area contributed by atoms with E-state index in [-0.39, 0.29) is 0 Å². The summed E-state index contributed by atoms with van der Waals surface area (Å²) in [6.45, 7) is 9.02. The number of halogens is 1. The Kier molecular flexibility index (Phi) is 5.64. The van der Waals surface area contributed by atoms with Gasteiger partial charge < -0.3 is 0 Å². The van der Waals surface area contributed by atoms with Gasteiger partial charge in [-0.1, -0.05) is 90.3 Å². The quantitative estimate of drug-likeness (QED) is 0.538. The minimum atomic E-state index is 0.356. The molecule has 0 aliphatic heterocycles. The van der Waals surface area contributed by atoms with Gasteiger partial charge in [0.2, 0.25) is 0 Å². The largest absolute Gasteiger partial charge is 0.0832 e. The van der Waals surface area contributed by atoms with Crippen LogP contribution in [0, 0.1) is 19.8 Å². The van der Waals surface area contributed by atoms with Crippen LogP contribution in [0.3, 0.4) is 0 Å². The van der Waals surface area contributed by atoms with E-state index in [1.807, 2.05) is 0 Å². The third-order valence-corrected chi connectivity index (χ3v) is 5.55. The standard InChI is InChI=1S/C20H25Br/c1-5-15(3)19(17-9-7-6-8-10-17)20(21)18-13-14(2)11-12-16(18)4/h6-13,15,19-20H,5H2,1-4H3. The maximum atomic E-state index is 4.02. The Bertz CT molecular complexity index is 574. The Balaban J connectivity index is 2.43. The summed E-state index contributed by atoms with van der Waals surface area (Å²) in [6, 6.07) is 17.7. The summed E-state index contributed by atoms with van der Waals surface area (Å²) in [5.74, 6) is 1.13. The van der Waals surface area contributed by atoms with Gasteiger partial charge in [-0.15, -0.1) is 0 Å². The maximum absolute atomic E-state index is 4.02. The van der Waals surface area contributed by atoms with Crippen LogP contribution in [0.1, 0.15) is 53.3 Å². The van der Waals surface area contributed by atoms with E-state index in [4.69, 9.17) is 0 Å². The average molecular weight is 345 g/mol. The van der Waals surface area contributed by atoms with Crippen molar-refractivity contribution in [3.05, 3.63) is 70.8 Å². The molecule has 21 heavy (non-hydrogen) atoms. The molecule has 0 amide bonds. The van der Waals surface area contributed by atoms with Crippen molar-refractivity contribution in [2.75, 3.05) is 0 Å². The van der Waals surface area contributed by atoms with Gasteiger partial charge in [-0.05, 0) is 36.5 Å². The molecule has 0 aliphatic rings.